The first kappa shape index (κ1) is 13.2. The second-order valence-corrected chi connectivity index (χ2v) is 3.78. The SMILES string of the molecule is CC(=O)C(C)C(=O)OC/C=C/c1ccccc1. The highest BCUT2D eigenvalue weighted by Gasteiger charge is 2.18. The summed E-state index contributed by atoms with van der Waals surface area (Å²) >= 11 is 0. The van der Waals surface area contributed by atoms with E-state index in [2.05, 4.69) is 0 Å². The smallest absolute Gasteiger partial charge is 0.316 e. The van der Waals surface area contributed by atoms with Crippen LogP contribution in [-0.2, 0) is 14.3 Å². The summed E-state index contributed by atoms with van der Waals surface area (Å²) in [4.78, 5) is 22.2. The number of carbonyl (C=O) groups is 2. The van der Waals surface area contributed by atoms with Gasteiger partial charge in [-0.3, -0.25) is 9.59 Å². The summed E-state index contributed by atoms with van der Waals surface area (Å²) < 4.78 is 4.94. The summed E-state index contributed by atoms with van der Waals surface area (Å²) in [6.45, 7) is 3.11. The van der Waals surface area contributed by atoms with Crippen LogP contribution in [0.3, 0.4) is 0 Å². The van der Waals surface area contributed by atoms with E-state index in [-0.39, 0.29) is 12.4 Å². The molecule has 0 radical (unpaired) electrons. The molecule has 0 aliphatic carbocycles. The number of carbonyl (C=O) groups excluding carboxylic acids is 2. The number of ketones is 1. The Morgan fingerprint density at radius 2 is 1.94 bits per heavy atom. The van der Waals surface area contributed by atoms with Gasteiger partial charge in [-0.15, -0.1) is 0 Å². The van der Waals surface area contributed by atoms with Crippen molar-refractivity contribution in [1.82, 2.24) is 0 Å². The third-order valence-electron chi connectivity index (χ3n) is 2.40. The lowest BCUT2D eigenvalue weighted by Crippen LogP contribution is -2.21. The molecule has 1 atom stereocenters. The van der Waals surface area contributed by atoms with Crippen molar-refractivity contribution in [2.24, 2.45) is 5.92 Å². The number of hydrogen-bond donors (Lipinski definition) is 0. The Morgan fingerprint density at radius 1 is 1.29 bits per heavy atom. The molecule has 0 amide bonds. The lowest BCUT2D eigenvalue weighted by atomic mass is 10.1. The maximum atomic E-state index is 11.3. The van der Waals surface area contributed by atoms with E-state index in [0.717, 1.165) is 5.56 Å². The summed E-state index contributed by atoms with van der Waals surface area (Å²) in [5, 5.41) is 0. The average Bonchev–Trinajstić information content (AvgIpc) is 2.34. The van der Waals surface area contributed by atoms with E-state index in [9.17, 15) is 9.59 Å². The van der Waals surface area contributed by atoms with Gasteiger partial charge < -0.3 is 4.74 Å². The minimum absolute atomic E-state index is 0.179. The van der Waals surface area contributed by atoms with Crippen molar-refractivity contribution >= 4 is 17.8 Å². The van der Waals surface area contributed by atoms with Gasteiger partial charge in [-0.25, -0.2) is 0 Å². The Hall–Kier alpha value is -1.90. The predicted octanol–water partition coefficient (Wildman–Crippen LogP) is 2.47. The van der Waals surface area contributed by atoms with E-state index in [1.165, 1.54) is 6.92 Å². The van der Waals surface area contributed by atoms with Gasteiger partial charge in [0.2, 0.25) is 0 Å². The van der Waals surface area contributed by atoms with Gasteiger partial charge in [0.15, 0.2) is 0 Å². The minimum Gasteiger partial charge on any atom is -0.461 e. The van der Waals surface area contributed by atoms with E-state index < -0.39 is 11.9 Å². The highest BCUT2D eigenvalue weighted by Crippen LogP contribution is 2.02. The van der Waals surface area contributed by atoms with Gasteiger partial charge in [0.05, 0.1) is 0 Å². The molecular weight excluding hydrogens is 216 g/mol. The normalized spacial score (nSPS) is 12.4. The van der Waals surface area contributed by atoms with Crippen molar-refractivity contribution in [3.63, 3.8) is 0 Å². The van der Waals surface area contributed by atoms with Crippen molar-refractivity contribution in [3.8, 4) is 0 Å². The second kappa shape index (κ2) is 6.63. The van der Waals surface area contributed by atoms with Gasteiger partial charge in [-0.2, -0.15) is 0 Å². The van der Waals surface area contributed by atoms with Crippen LogP contribution in [-0.4, -0.2) is 18.4 Å². The van der Waals surface area contributed by atoms with E-state index in [1.54, 1.807) is 13.0 Å². The summed E-state index contributed by atoms with van der Waals surface area (Å²) in [6.07, 6.45) is 3.62. The third-order valence-corrected chi connectivity index (χ3v) is 2.40. The molecule has 0 saturated heterocycles. The molecule has 1 aromatic carbocycles. The summed E-state index contributed by atoms with van der Waals surface area (Å²) in [7, 11) is 0. The molecular formula is C14H16O3. The molecule has 0 saturated carbocycles. The van der Waals surface area contributed by atoms with Crippen molar-refractivity contribution in [3.05, 3.63) is 42.0 Å². The maximum Gasteiger partial charge on any atom is 0.316 e. The topological polar surface area (TPSA) is 43.4 Å². The third kappa shape index (κ3) is 4.64. The molecule has 1 rings (SSSR count). The molecule has 0 heterocycles. The Balaban J connectivity index is 2.36. The lowest BCUT2D eigenvalue weighted by molar-refractivity contribution is -0.149. The van der Waals surface area contributed by atoms with Crippen molar-refractivity contribution in [2.75, 3.05) is 6.61 Å². The first-order valence-electron chi connectivity index (χ1n) is 5.50. The van der Waals surface area contributed by atoms with Crippen LogP contribution in [0.5, 0.6) is 0 Å². The van der Waals surface area contributed by atoms with Crippen LogP contribution in [0, 0.1) is 5.92 Å². The standard InChI is InChI=1S/C14H16O3/c1-11(12(2)15)14(16)17-10-6-9-13-7-4-3-5-8-13/h3-9,11H,10H2,1-2H3/b9-6+. The molecule has 17 heavy (non-hydrogen) atoms. The Bertz CT molecular complexity index is 407. The minimum atomic E-state index is -0.680. The molecule has 0 fully saturated rings. The predicted molar refractivity (Wildman–Crippen MR) is 66.3 cm³/mol. The number of ether oxygens (including phenoxy) is 1. The first-order chi connectivity index (χ1) is 8.11. The van der Waals surface area contributed by atoms with Crippen LogP contribution in [0.15, 0.2) is 36.4 Å². The Kier molecular flexibility index (Phi) is 5.14. The zero-order chi connectivity index (χ0) is 12.7. The molecule has 1 unspecified atom stereocenters. The molecule has 1 aromatic rings. The summed E-state index contributed by atoms with van der Waals surface area (Å²) in [5.41, 5.74) is 1.04. The maximum absolute atomic E-state index is 11.3. The van der Waals surface area contributed by atoms with Gasteiger partial charge in [0, 0.05) is 0 Å². The van der Waals surface area contributed by atoms with Gasteiger partial charge in [0.1, 0.15) is 18.3 Å². The number of hydrogen-bond acceptors (Lipinski definition) is 3. The van der Waals surface area contributed by atoms with Crippen LogP contribution in [0.25, 0.3) is 6.08 Å². The molecule has 0 N–H and O–H groups in total. The zero-order valence-corrected chi connectivity index (χ0v) is 10.1. The molecule has 3 nitrogen and oxygen atoms in total. The van der Waals surface area contributed by atoms with Gasteiger partial charge >= 0.3 is 5.97 Å². The monoisotopic (exact) mass is 232 g/mol. The summed E-state index contributed by atoms with van der Waals surface area (Å²) in [5.74, 6) is -1.34. The van der Waals surface area contributed by atoms with E-state index in [0.29, 0.717) is 0 Å². The fourth-order valence-corrected chi connectivity index (χ4v) is 1.17. The molecule has 0 spiro atoms. The quantitative estimate of drug-likeness (QED) is 0.578. The molecule has 3 heteroatoms. The average molecular weight is 232 g/mol. The number of esters is 1. The van der Waals surface area contributed by atoms with E-state index in [4.69, 9.17) is 4.74 Å². The second-order valence-electron chi connectivity index (χ2n) is 3.78. The highest BCUT2D eigenvalue weighted by atomic mass is 16.5. The van der Waals surface area contributed by atoms with Gasteiger partial charge in [0.25, 0.3) is 0 Å². The Morgan fingerprint density at radius 3 is 2.53 bits per heavy atom. The van der Waals surface area contributed by atoms with E-state index >= 15 is 0 Å². The fourth-order valence-electron chi connectivity index (χ4n) is 1.17. The highest BCUT2D eigenvalue weighted by molar-refractivity contribution is 5.97. The molecule has 90 valence electrons. The van der Waals surface area contributed by atoms with Crippen molar-refractivity contribution in [2.45, 2.75) is 13.8 Å². The number of Topliss-reactive ketones (excluding diaryl/α,β-unsaturated/α-hetero) is 1. The number of benzene rings is 1. The first-order valence-corrected chi connectivity index (χ1v) is 5.50. The zero-order valence-electron chi connectivity index (χ0n) is 10.1. The molecule has 0 aromatic heterocycles. The van der Waals surface area contributed by atoms with Crippen LogP contribution in [0.1, 0.15) is 19.4 Å². The number of rotatable bonds is 5. The van der Waals surface area contributed by atoms with Crippen LogP contribution in [0.2, 0.25) is 0 Å². The summed E-state index contributed by atoms with van der Waals surface area (Å²) in [6, 6.07) is 9.71. The lowest BCUT2D eigenvalue weighted by Gasteiger charge is -2.05. The van der Waals surface area contributed by atoms with Crippen molar-refractivity contribution in [1.29, 1.82) is 0 Å². The molecule has 0 bridgehead atoms. The molecule has 0 aliphatic heterocycles. The van der Waals surface area contributed by atoms with Crippen LogP contribution >= 0.6 is 0 Å². The van der Waals surface area contributed by atoms with Gasteiger partial charge in [-0.05, 0) is 25.5 Å². The Labute approximate surface area is 101 Å². The van der Waals surface area contributed by atoms with Crippen LogP contribution < -0.4 is 0 Å². The fraction of sp³-hybridized carbons (Fsp3) is 0.286. The van der Waals surface area contributed by atoms with Crippen molar-refractivity contribution < 1.29 is 14.3 Å². The van der Waals surface area contributed by atoms with Crippen LogP contribution in [0.4, 0.5) is 0 Å². The van der Waals surface area contributed by atoms with E-state index in [1.807, 2.05) is 36.4 Å². The largest absolute Gasteiger partial charge is 0.461 e. The molecule has 0 aliphatic rings. The van der Waals surface area contributed by atoms with Gasteiger partial charge in [-0.1, -0.05) is 36.4 Å².